The summed E-state index contributed by atoms with van der Waals surface area (Å²) in [5.41, 5.74) is 1.10. The summed E-state index contributed by atoms with van der Waals surface area (Å²) in [6, 6.07) is 7.56. The fraction of sp³-hybridized carbons (Fsp3) is 0.500. The Morgan fingerprint density at radius 2 is 2.25 bits per heavy atom. The molecule has 1 aromatic carbocycles. The average Bonchev–Trinajstić information content (AvgIpc) is 2.79. The molecule has 0 bridgehead atoms. The van der Waals surface area contributed by atoms with Crippen LogP contribution in [0.5, 0.6) is 0 Å². The van der Waals surface area contributed by atoms with Gasteiger partial charge in [0.25, 0.3) is 5.69 Å². The van der Waals surface area contributed by atoms with Gasteiger partial charge in [-0.2, -0.15) is 0 Å². The number of nitrogens with zero attached hydrogens (tertiary/aromatic N) is 1. The van der Waals surface area contributed by atoms with E-state index in [1.807, 2.05) is 12.1 Å². The molecule has 1 unspecified atom stereocenters. The number of nitro groups is 1. The molecular weight excluding hydrogens is 204 g/mol. The number of aryl methyl sites for hydroxylation is 1. The van der Waals surface area contributed by atoms with Crippen molar-refractivity contribution in [1.29, 1.82) is 0 Å². The maximum Gasteiger partial charge on any atom is 0.272 e. The Morgan fingerprint density at radius 3 is 2.94 bits per heavy atom. The predicted octanol–water partition coefficient (Wildman–Crippen LogP) is 2.28. The lowest BCUT2D eigenvalue weighted by molar-refractivity contribution is -0.385. The molecule has 4 nitrogen and oxygen atoms in total. The second-order valence-corrected chi connectivity index (χ2v) is 4.22. The molecule has 1 heterocycles. The van der Waals surface area contributed by atoms with Gasteiger partial charge in [0.2, 0.25) is 0 Å². The normalized spacial score (nSPS) is 19.9. The molecule has 86 valence electrons. The second-order valence-electron chi connectivity index (χ2n) is 4.22. The maximum atomic E-state index is 10.8. The highest BCUT2D eigenvalue weighted by atomic mass is 16.6. The van der Waals surface area contributed by atoms with Crippen LogP contribution in [0, 0.1) is 10.1 Å². The number of hydrogen-bond acceptors (Lipinski definition) is 3. The van der Waals surface area contributed by atoms with Gasteiger partial charge in [-0.3, -0.25) is 10.1 Å². The number of benzene rings is 1. The molecule has 1 fully saturated rings. The van der Waals surface area contributed by atoms with Crippen molar-refractivity contribution in [2.24, 2.45) is 0 Å². The summed E-state index contributed by atoms with van der Waals surface area (Å²) < 4.78 is 0. The van der Waals surface area contributed by atoms with Gasteiger partial charge in [-0.05, 0) is 32.2 Å². The minimum absolute atomic E-state index is 0.250. The minimum atomic E-state index is -0.294. The fourth-order valence-corrected chi connectivity index (χ4v) is 2.23. The molecule has 4 heteroatoms. The van der Waals surface area contributed by atoms with Crippen LogP contribution in [-0.4, -0.2) is 17.5 Å². The van der Waals surface area contributed by atoms with Gasteiger partial charge in [0.05, 0.1) is 4.92 Å². The van der Waals surface area contributed by atoms with Crippen molar-refractivity contribution in [2.75, 3.05) is 6.54 Å². The Bertz CT molecular complexity index is 373. The van der Waals surface area contributed by atoms with E-state index in [0.29, 0.717) is 6.04 Å². The van der Waals surface area contributed by atoms with Gasteiger partial charge in [0.1, 0.15) is 0 Å². The van der Waals surface area contributed by atoms with E-state index < -0.39 is 0 Å². The van der Waals surface area contributed by atoms with Crippen LogP contribution in [0.15, 0.2) is 24.3 Å². The van der Waals surface area contributed by atoms with Crippen molar-refractivity contribution in [3.05, 3.63) is 39.9 Å². The Balaban J connectivity index is 2.00. The molecule has 1 N–H and O–H groups in total. The Morgan fingerprint density at radius 1 is 1.44 bits per heavy atom. The molecule has 0 amide bonds. The van der Waals surface area contributed by atoms with E-state index in [-0.39, 0.29) is 10.6 Å². The van der Waals surface area contributed by atoms with Crippen molar-refractivity contribution in [3.63, 3.8) is 0 Å². The summed E-state index contributed by atoms with van der Waals surface area (Å²) >= 11 is 0. The number of hydrogen-bond donors (Lipinski definition) is 1. The minimum Gasteiger partial charge on any atom is -0.314 e. The molecule has 1 aliphatic rings. The molecule has 0 saturated carbocycles. The zero-order valence-electron chi connectivity index (χ0n) is 9.19. The number of para-hydroxylation sites is 1. The van der Waals surface area contributed by atoms with Crippen LogP contribution in [0.1, 0.15) is 24.8 Å². The van der Waals surface area contributed by atoms with Gasteiger partial charge < -0.3 is 5.32 Å². The third-order valence-electron chi connectivity index (χ3n) is 3.11. The number of nitro benzene ring substituents is 1. The molecule has 1 saturated heterocycles. The number of rotatable bonds is 4. The van der Waals surface area contributed by atoms with E-state index in [4.69, 9.17) is 0 Å². The molecular formula is C12H16N2O2. The summed E-state index contributed by atoms with van der Waals surface area (Å²) in [7, 11) is 0. The summed E-state index contributed by atoms with van der Waals surface area (Å²) in [6.07, 6.45) is 4.20. The van der Waals surface area contributed by atoms with Crippen molar-refractivity contribution in [2.45, 2.75) is 31.7 Å². The van der Waals surface area contributed by atoms with Crippen molar-refractivity contribution in [3.8, 4) is 0 Å². The first-order valence-electron chi connectivity index (χ1n) is 5.73. The molecule has 16 heavy (non-hydrogen) atoms. The van der Waals surface area contributed by atoms with Crippen LogP contribution in [0.3, 0.4) is 0 Å². The van der Waals surface area contributed by atoms with Gasteiger partial charge >= 0.3 is 0 Å². The van der Waals surface area contributed by atoms with Gasteiger partial charge in [0.15, 0.2) is 0 Å². The topological polar surface area (TPSA) is 55.2 Å². The zero-order valence-corrected chi connectivity index (χ0v) is 9.19. The van der Waals surface area contributed by atoms with Crippen LogP contribution in [-0.2, 0) is 6.42 Å². The second kappa shape index (κ2) is 5.07. The highest BCUT2D eigenvalue weighted by Crippen LogP contribution is 2.21. The van der Waals surface area contributed by atoms with E-state index >= 15 is 0 Å². The largest absolute Gasteiger partial charge is 0.314 e. The molecule has 0 radical (unpaired) electrons. The van der Waals surface area contributed by atoms with Gasteiger partial charge in [-0.1, -0.05) is 18.2 Å². The summed E-state index contributed by atoms with van der Waals surface area (Å²) in [5.74, 6) is 0. The zero-order chi connectivity index (χ0) is 11.4. The van der Waals surface area contributed by atoms with E-state index in [1.54, 1.807) is 12.1 Å². The molecule has 1 aromatic rings. The highest BCUT2D eigenvalue weighted by Gasteiger charge is 2.17. The fourth-order valence-electron chi connectivity index (χ4n) is 2.23. The Hall–Kier alpha value is -1.42. The summed E-state index contributed by atoms with van der Waals surface area (Å²) in [4.78, 5) is 10.5. The average molecular weight is 220 g/mol. The Labute approximate surface area is 94.8 Å². The van der Waals surface area contributed by atoms with Crippen LogP contribution in [0.2, 0.25) is 0 Å². The first kappa shape index (κ1) is 11.1. The van der Waals surface area contributed by atoms with E-state index in [0.717, 1.165) is 24.9 Å². The Kier molecular flexibility index (Phi) is 3.51. The van der Waals surface area contributed by atoms with Gasteiger partial charge in [-0.25, -0.2) is 0 Å². The monoisotopic (exact) mass is 220 g/mol. The molecule has 2 rings (SSSR count). The first-order valence-corrected chi connectivity index (χ1v) is 5.73. The lowest BCUT2D eigenvalue weighted by atomic mass is 10.0. The van der Waals surface area contributed by atoms with E-state index in [2.05, 4.69) is 5.32 Å². The number of nitrogens with one attached hydrogen (secondary N) is 1. The quantitative estimate of drug-likeness (QED) is 0.625. The van der Waals surface area contributed by atoms with Crippen molar-refractivity contribution in [1.82, 2.24) is 5.32 Å². The first-order chi connectivity index (χ1) is 7.77. The lowest BCUT2D eigenvalue weighted by Gasteiger charge is -2.09. The lowest BCUT2D eigenvalue weighted by Crippen LogP contribution is -2.21. The van der Waals surface area contributed by atoms with Crippen LogP contribution >= 0.6 is 0 Å². The van der Waals surface area contributed by atoms with Crippen molar-refractivity contribution < 1.29 is 4.92 Å². The third-order valence-corrected chi connectivity index (χ3v) is 3.11. The maximum absolute atomic E-state index is 10.8. The molecule has 1 aliphatic heterocycles. The predicted molar refractivity (Wildman–Crippen MR) is 62.4 cm³/mol. The molecule has 1 atom stereocenters. The van der Waals surface area contributed by atoms with Crippen LogP contribution < -0.4 is 5.32 Å². The summed E-state index contributed by atoms with van der Waals surface area (Å²) in [6.45, 7) is 1.08. The third kappa shape index (κ3) is 2.58. The highest BCUT2D eigenvalue weighted by molar-refractivity contribution is 5.39. The molecule has 0 spiro atoms. The van der Waals surface area contributed by atoms with Crippen LogP contribution in [0.25, 0.3) is 0 Å². The van der Waals surface area contributed by atoms with Crippen molar-refractivity contribution >= 4 is 5.69 Å². The van der Waals surface area contributed by atoms with E-state index in [1.165, 1.54) is 12.8 Å². The summed E-state index contributed by atoms with van der Waals surface area (Å²) in [5, 5.41) is 14.2. The van der Waals surface area contributed by atoms with Crippen LogP contribution in [0.4, 0.5) is 5.69 Å². The van der Waals surface area contributed by atoms with Gasteiger partial charge in [0, 0.05) is 17.7 Å². The SMILES string of the molecule is O=[N+]([O-])c1ccccc1CCC1CCCN1. The van der Waals surface area contributed by atoms with Gasteiger partial charge in [-0.15, -0.1) is 0 Å². The standard InChI is InChI=1S/C12H16N2O2/c15-14(16)12-6-2-1-4-10(12)7-8-11-5-3-9-13-11/h1-2,4,6,11,13H,3,5,7-9H2. The molecule has 0 aromatic heterocycles. The smallest absolute Gasteiger partial charge is 0.272 e. The molecule has 0 aliphatic carbocycles. The van der Waals surface area contributed by atoms with E-state index in [9.17, 15) is 10.1 Å².